The van der Waals surface area contributed by atoms with Crippen molar-refractivity contribution >= 4 is 22.8 Å². The summed E-state index contributed by atoms with van der Waals surface area (Å²) in [6.45, 7) is 2.07. The molecule has 0 spiro atoms. The molecule has 0 aliphatic carbocycles. The Kier molecular flexibility index (Phi) is 3.30. The van der Waals surface area contributed by atoms with Crippen LogP contribution < -0.4 is 0 Å². The molecule has 2 aromatic rings. The summed E-state index contributed by atoms with van der Waals surface area (Å²) in [5, 5.41) is 1.04. The first-order valence-electron chi connectivity index (χ1n) is 7.02. The van der Waals surface area contributed by atoms with Crippen LogP contribution in [0.2, 0.25) is 0 Å². The van der Waals surface area contributed by atoms with Gasteiger partial charge < -0.3 is 4.74 Å². The molecule has 0 radical (unpaired) electrons. The fourth-order valence-electron chi connectivity index (χ4n) is 2.88. The van der Waals surface area contributed by atoms with Crippen molar-refractivity contribution in [3.05, 3.63) is 36.0 Å². The number of aryl methyl sites for hydroxylation is 1. The summed E-state index contributed by atoms with van der Waals surface area (Å²) in [7, 11) is 0. The maximum absolute atomic E-state index is 12.7. The van der Waals surface area contributed by atoms with E-state index in [9.17, 15) is 9.59 Å². The van der Waals surface area contributed by atoms with Gasteiger partial charge in [-0.05, 0) is 38.3 Å². The molecule has 3 rings (SSSR count). The van der Waals surface area contributed by atoms with Crippen LogP contribution in [0.1, 0.15) is 30.3 Å². The Hall–Kier alpha value is -2.10. The van der Waals surface area contributed by atoms with E-state index in [2.05, 4.69) is 0 Å². The largest absolute Gasteiger partial charge is 0.465 e. The van der Waals surface area contributed by atoms with Gasteiger partial charge in [0.1, 0.15) is 5.92 Å². The number of ether oxygens (including phenoxy) is 1. The number of para-hydroxylation sites is 1. The number of rotatable bonds is 2. The van der Waals surface area contributed by atoms with Gasteiger partial charge >= 0.3 is 5.97 Å². The normalized spacial score (nSPS) is 18.6. The molecule has 0 saturated carbocycles. The fraction of sp³-hybridized carbons (Fsp3) is 0.375. The molecule has 1 atom stereocenters. The zero-order valence-corrected chi connectivity index (χ0v) is 11.5. The zero-order chi connectivity index (χ0) is 14.1. The van der Waals surface area contributed by atoms with Crippen molar-refractivity contribution in [2.24, 2.45) is 5.92 Å². The lowest BCUT2D eigenvalue weighted by molar-refractivity contribution is -0.146. The number of carbonyl (C=O) groups is 2. The van der Waals surface area contributed by atoms with Gasteiger partial charge in [-0.1, -0.05) is 18.2 Å². The van der Waals surface area contributed by atoms with E-state index in [0.717, 1.165) is 29.4 Å². The molecule has 20 heavy (non-hydrogen) atoms. The van der Waals surface area contributed by atoms with Gasteiger partial charge in [0.2, 0.25) is 5.91 Å². The standard InChI is InChI=1S/C16H17NO3/c1-2-20-16(19)13-8-5-7-12-10-11-6-3-4-9-14(11)17(12)15(13)18/h3-4,6,9-10,13H,2,5,7-8H2,1H3. The van der Waals surface area contributed by atoms with E-state index in [0.29, 0.717) is 13.0 Å². The van der Waals surface area contributed by atoms with Crippen molar-refractivity contribution in [2.75, 3.05) is 6.61 Å². The van der Waals surface area contributed by atoms with Crippen molar-refractivity contribution in [3.63, 3.8) is 0 Å². The lowest BCUT2D eigenvalue weighted by Crippen LogP contribution is -2.29. The number of fused-ring (bicyclic) bond motifs is 3. The van der Waals surface area contributed by atoms with Crippen LogP contribution in [0.4, 0.5) is 0 Å². The Labute approximate surface area is 117 Å². The molecule has 0 N–H and O–H groups in total. The van der Waals surface area contributed by atoms with Crippen molar-refractivity contribution in [1.29, 1.82) is 0 Å². The maximum Gasteiger partial charge on any atom is 0.318 e. The Morgan fingerprint density at radius 1 is 1.40 bits per heavy atom. The fourth-order valence-corrected chi connectivity index (χ4v) is 2.88. The van der Waals surface area contributed by atoms with Gasteiger partial charge in [0.25, 0.3) is 0 Å². The van der Waals surface area contributed by atoms with E-state index < -0.39 is 11.9 Å². The molecule has 0 bridgehead atoms. The Balaban J connectivity index is 2.07. The second kappa shape index (κ2) is 5.12. The summed E-state index contributed by atoms with van der Waals surface area (Å²) < 4.78 is 6.74. The van der Waals surface area contributed by atoms with Crippen molar-refractivity contribution in [2.45, 2.75) is 26.2 Å². The lowest BCUT2D eigenvalue weighted by Gasteiger charge is -2.13. The van der Waals surface area contributed by atoms with E-state index in [1.807, 2.05) is 30.3 Å². The van der Waals surface area contributed by atoms with Gasteiger partial charge in [0, 0.05) is 11.1 Å². The number of esters is 1. The van der Waals surface area contributed by atoms with Crippen molar-refractivity contribution in [1.82, 2.24) is 4.57 Å². The van der Waals surface area contributed by atoms with Crippen molar-refractivity contribution in [3.8, 4) is 0 Å². The Morgan fingerprint density at radius 3 is 3.00 bits per heavy atom. The van der Waals surface area contributed by atoms with Crippen LogP contribution in [0.3, 0.4) is 0 Å². The number of nitrogens with zero attached hydrogens (tertiary/aromatic N) is 1. The smallest absolute Gasteiger partial charge is 0.318 e. The summed E-state index contributed by atoms with van der Waals surface area (Å²) in [5.74, 6) is -1.23. The van der Waals surface area contributed by atoms with Gasteiger partial charge in [0.15, 0.2) is 0 Å². The van der Waals surface area contributed by atoms with Crippen molar-refractivity contribution < 1.29 is 14.3 Å². The molecule has 1 unspecified atom stereocenters. The quantitative estimate of drug-likeness (QED) is 0.623. The molecule has 1 aromatic heterocycles. The summed E-state index contributed by atoms with van der Waals surface area (Å²) in [4.78, 5) is 24.7. The molecule has 4 nitrogen and oxygen atoms in total. The predicted molar refractivity (Wildman–Crippen MR) is 75.6 cm³/mol. The van der Waals surface area contributed by atoms with Crippen LogP contribution in [0, 0.1) is 5.92 Å². The number of hydrogen-bond acceptors (Lipinski definition) is 3. The molecule has 0 fully saturated rings. The van der Waals surface area contributed by atoms with E-state index >= 15 is 0 Å². The molecule has 0 saturated heterocycles. The molecule has 1 aliphatic rings. The van der Waals surface area contributed by atoms with Crippen LogP contribution in [0.5, 0.6) is 0 Å². The molecule has 0 amide bonds. The minimum absolute atomic E-state index is 0.155. The first-order valence-corrected chi connectivity index (χ1v) is 7.02. The second-order valence-electron chi connectivity index (χ2n) is 5.07. The van der Waals surface area contributed by atoms with E-state index in [1.165, 1.54) is 0 Å². The topological polar surface area (TPSA) is 48.3 Å². The van der Waals surface area contributed by atoms with E-state index in [4.69, 9.17) is 4.74 Å². The number of aromatic nitrogens is 1. The lowest BCUT2D eigenvalue weighted by atomic mass is 10.0. The van der Waals surface area contributed by atoms with E-state index in [1.54, 1.807) is 11.5 Å². The Morgan fingerprint density at radius 2 is 2.20 bits per heavy atom. The molecule has 104 valence electrons. The predicted octanol–water partition coefficient (Wildman–Crippen LogP) is 2.80. The highest BCUT2D eigenvalue weighted by Crippen LogP contribution is 2.27. The van der Waals surface area contributed by atoms with Crippen LogP contribution >= 0.6 is 0 Å². The minimum Gasteiger partial charge on any atom is -0.465 e. The van der Waals surface area contributed by atoms with E-state index in [-0.39, 0.29) is 5.91 Å². The second-order valence-corrected chi connectivity index (χ2v) is 5.07. The summed E-state index contributed by atoms with van der Waals surface area (Å²) in [6.07, 6.45) is 2.20. The van der Waals surface area contributed by atoms with Crippen LogP contribution in [-0.2, 0) is 16.0 Å². The third-order valence-electron chi connectivity index (χ3n) is 3.80. The zero-order valence-electron chi connectivity index (χ0n) is 11.5. The third-order valence-corrected chi connectivity index (χ3v) is 3.80. The first kappa shape index (κ1) is 12.9. The van der Waals surface area contributed by atoms with Crippen LogP contribution in [0.25, 0.3) is 10.9 Å². The van der Waals surface area contributed by atoms with Gasteiger partial charge in [-0.15, -0.1) is 0 Å². The average Bonchev–Trinajstić information content (AvgIpc) is 2.73. The summed E-state index contributed by atoms with van der Waals surface area (Å²) in [6, 6.07) is 9.82. The van der Waals surface area contributed by atoms with Gasteiger partial charge in [-0.25, -0.2) is 0 Å². The molecular formula is C16H17NO3. The monoisotopic (exact) mass is 271 g/mol. The first-order chi connectivity index (χ1) is 9.72. The highest BCUT2D eigenvalue weighted by molar-refractivity contribution is 6.04. The third kappa shape index (κ3) is 2.01. The molecule has 1 aliphatic heterocycles. The van der Waals surface area contributed by atoms with Gasteiger partial charge in [0.05, 0.1) is 12.1 Å². The number of carbonyl (C=O) groups excluding carboxylic acids is 2. The van der Waals surface area contributed by atoms with Crippen LogP contribution in [-0.4, -0.2) is 23.1 Å². The maximum atomic E-state index is 12.7. The van der Waals surface area contributed by atoms with Gasteiger partial charge in [-0.2, -0.15) is 0 Å². The van der Waals surface area contributed by atoms with Gasteiger partial charge in [-0.3, -0.25) is 14.2 Å². The molecular weight excluding hydrogens is 254 g/mol. The molecule has 4 heteroatoms. The molecule has 2 heterocycles. The molecule has 1 aromatic carbocycles. The highest BCUT2D eigenvalue weighted by atomic mass is 16.5. The summed E-state index contributed by atoms with van der Waals surface area (Å²) in [5.41, 5.74) is 1.87. The minimum atomic E-state index is -0.674. The average molecular weight is 271 g/mol. The highest BCUT2D eigenvalue weighted by Gasteiger charge is 2.33. The SMILES string of the molecule is CCOC(=O)C1CCCc2cc3ccccc3n2C1=O. The number of hydrogen-bond donors (Lipinski definition) is 0. The van der Waals surface area contributed by atoms with Crippen LogP contribution in [0.15, 0.2) is 30.3 Å². The number of benzene rings is 1. The summed E-state index contributed by atoms with van der Waals surface area (Å²) >= 11 is 0. The Bertz CT molecular complexity index is 671.